The van der Waals surface area contributed by atoms with Crippen LogP contribution in [0.5, 0.6) is 0 Å². The van der Waals surface area contributed by atoms with Crippen molar-refractivity contribution >= 4 is 27.9 Å². The van der Waals surface area contributed by atoms with Gasteiger partial charge in [-0.2, -0.15) is 0 Å². The first-order chi connectivity index (χ1) is 9.43. The van der Waals surface area contributed by atoms with E-state index in [1.165, 1.54) is 5.39 Å². The fourth-order valence-corrected chi connectivity index (χ4v) is 2.47. The summed E-state index contributed by atoms with van der Waals surface area (Å²) in [5.74, 6) is 0. The Morgan fingerprint density at radius 2 is 1.74 bits per heavy atom. The van der Waals surface area contributed by atoms with Gasteiger partial charge in [0, 0.05) is 17.5 Å². The summed E-state index contributed by atoms with van der Waals surface area (Å²) in [6.07, 6.45) is 12.0. The minimum atomic E-state index is 0.840. The molecule has 0 radical (unpaired) electrons. The standard InChI is InChI=1S/C17H12NO/c1-2-6-12-18-15-11-10-13-7-4-5-8-14(13)17(15)19-16(18)9-3-1/h1-12H/q+1/b2-1?,3-1?,6-2?,9-3?,12-6?,16-9+,18-12-. The van der Waals surface area contributed by atoms with Gasteiger partial charge in [-0.15, -0.1) is 4.24 Å². The molecule has 0 unspecified atom stereocenters. The van der Waals surface area contributed by atoms with E-state index in [0.29, 0.717) is 0 Å². The highest BCUT2D eigenvalue weighted by molar-refractivity contribution is 6.01. The lowest BCUT2D eigenvalue weighted by atomic mass is 10.1. The topological polar surface area (TPSA) is 19.0 Å². The molecular formula is C17H12NO+. The van der Waals surface area contributed by atoms with E-state index in [2.05, 4.69) is 28.5 Å². The van der Waals surface area contributed by atoms with Gasteiger partial charge in [0.15, 0.2) is 6.21 Å². The van der Waals surface area contributed by atoms with Crippen molar-refractivity contribution in [1.82, 2.24) is 0 Å². The molecule has 19 heavy (non-hydrogen) atoms. The smallest absolute Gasteiger partial charge is 0.379 e. The summed E-state index contributed by atoms with van der Waals surface area (Å²) in [5.41, 5.74) is 2.86. The second-order valence-corrected chi connectivity index (χ2v) is 4.53. The van der Waals surface area contributed by atoms with Crippen molar-refractivity contribution in [2.45, 2.75) is 0 Å². The van der Waals surface area contributed by atoms with E-state index in [1.54, 1.807) is 0 Å². The van der Waals surface area contributed by atoms with Crippen LogP contribution in [0.3, 0.4) is 0 Å². The van der Waals surface area contributed by atoms with Gasteiger partial charge in [-0.3, -0.25) is 0 Å². The third kappa shape index (κ3) is 1.54. The van der Waals surface area contributed by atoms with Crippen molar-refractivity contribution < 1.29 is 8.66 Å². The molecule has 0 N–H and O–H groups in total. The molecular weight excluding hydrogens is 234 g/mol. The molecule has 0 spiro atoms. The van der Waals surface area contributed by atoms with Crippen LogP contribution in [0.1, 0.15) is 0 Å². The molecule has 90 valence electrons. The Hall–Kier alpha value is -2.61. The minimum absolute atomic E-state index is 0.840. The van der Waals surface area contributed by atoms with Gasteiger partial charge in [0.25, 0.3) is 5.52 Å². The largest absolute Gasteiger partial charge is 0.397 e. The van der Waals surface area contributed by atoms with Crippen LogP contribution in [-0.4, -0.2) is 0 Å². The lowest BCUT2D eigenvalue weighted by Crippen LogP contribution is -2.33. The van der Waals surface area contributed by atoms with Crippen LogP contribution >= 0.6 is 0 Å². The summed E-state index contributed by atoms with van der Waals surface area (Å²) in [5, 5.41) is 2.34. The molecule has 0 aliphatic carbocycles. The minimum Gasteiger partial charge on any atom is -0.397 e. The second-order valence-electron chi connectivity index (χ2n) is 4.53. The Balaban J connectivity index is 2.28. The molecule has 0 bridgehead atoms. The molecule has 0 amide bonds. The number of hydrogen-bond donors (Lipinski definition) is 0. The van der Waals surface area contributed by atoms with Crippen molar-refractivity contribution in [2.75, 3.05) is 0 Å². The number of nitrogens with zero attached hydrogens (tertiary/aromatic N) is 1. The van der Waals surface area contributed by atoms with Crippen LogP contribution in [0, 0.1) is 6.21 Å². The Bertz CT molecular complexity index is 958. The van der Waals surface area contributed by atoms with Crippen LogP contribution in [0.4, 0.5) is 0 Å². The van der Waals surface area contributed by atoms with Crippen LogP contribution in [-0.2, 0) is 0 Å². The van der Waals surface area contributed by atoms with Gasteiger partial charge in [-0.1, -0.05) is 42.5 Å². The maximum atomic E-state index is 6.03. The first kappa shape index (κ1) is 10.3. The number of benzene rings is 2. The molecule has 2 aromatic carbocycles. The molecule has 0 saturated heterocycles. The monoisotopic (exact) mass is 246 g/mol. The molecule has 0 saturated carbocycles. The molecule has 2 nitrogen and oxygen atoms in total. The average molecular weight is 246 g/mol. The molecule has 2 heterocycles. The first-order valence-corrected chi connectivity index (χ1v) is 6.31. The Morgan fingerprint density at radius 3 is 2.74 bits per heavy atom. The first-order valence-electron chi connectivity index (χ1n) is 6.31. The third-order valence-electron chi connectivity index (χ3n) is 3.37. The van der Waals surface area contributed by atoms with Crippen LogP contribution in [0.25, 0.3) is 27.9 Å². The summed E-state index contributed by atoms with van der Waals surface area (Å²) in [6.45, 7) is 0. The molecule has 1 aliphatic heterocycles. The number of allylic oxidation sites excluding steroid dienone is 4. The van der Waals surface area contributed by atoms with Crippen molar-refractivity contribution in [3.05, 3.63) is 72.5 Å². The van der Waals surface area contributed by atoms with E-state index in [-0.39, 0.29) is 0 Å². The summed E-state index contributed by atoms with van der Waals surface area (Å²) in [4.78, 5) is 0. The maximum Gasteiger partial charge on any atom is 0.379 e. The van der Waals surface area contributed by atoms with Gasteiger partial charge in [0.2, 0.25) is 5.58 Å². The quantitative estimate of drug-likeness (QED) is 0.558. The fraction of sp³-hybridized carbons (Fsp3) is 0. The predicted octanol–water partition coefficient (Wildman–Crippen LogP) is 2.79. The molecule has 2 heteroatoms. The van der Waals surface area contributed by atoms with Crippen LogP contribution < -0.4 is 9.79 Å². The highest BCUT2D eigenvalue weighted by Gasteiger charge is 2.14. The molecule has 1 aromatic heterocycles. The fourth-order valence-electron chi connectivity index (χ4n) is 2.47. The number of aromatic nitrogens is 1. The van der Waals surface area contributed by atoms with E-state index in [0.717, 1.165) is 22.0 Å². The summed E-state index contributed by atoms with van der Waals surface area (Å²) in [6, 6.07) is 12.5. The third-order valence-corrected chi connectivity index (χ3v) is 3.37. The normalized spacial score (nSPS) is 17.3. The van der Waals surface area contributed by atoms with Gasteiger partial charge < -0.3 is 4.42 Å². The Kier molecular flexibility index (Phi) is 2.15. The number of rotatable bonds is 0. The second kappa shape index (κ2) is 3.95. The zero-order valence-electron chi connectivity index (χ0n) is 10.3. The summed E-state index contributed by atoms with van der Waals surface area (Å²) < 4.78 is 8.10. The number of oxazole rings is 1. The van der Waals surface area contributed by atoms with Crippen LogP contribution in [0.15, 0.2) is 65.1 Å². The van der Waals surface area contributed by atoms with E-state index >= 15 is 0 Å². The van der Waals surface area contributed by atoms with Gasteiger partial charge in [-0.05, 0) is 11.5 Å². The van der Waals surface area contributed by atoms with Crippen molar-refractivity contribution in [3.63, 3.8) is 0 Å². The van der Waals surface area contributed by atoms with E-state index in [4.69, 9.17) is 4.42 Å². The molecule has 1 aliphatic rings. The molecule has 4 rings (SSSR count). The SMILES string of the molecule is C1=C/C=[n+]2\c(oc3c4ccccc4ccc32)=C/C=C1. The van der Waals surface area contributed by atoms with Crippen LogP contribution in [0.2, 0.25) is 0 Å². The Morgan fingerprint density at radius 1 is 0.842 bits per heavy atom. The molecule has 0 fully saturated rings. The number of hydrogen-bond acceptors (Lipinski definition) is 1. The van der Waals surface area contributed by atoms with Crippen molar-refractivity contribution in [1.29, 1.82) is 0 Å². The lowest BCUT2D eigenvalue weighted by Gasteiger charge is -1.93. The maximum absolute atomic E-state index is 6.03. The predicted molar refractivity (Wildman–Crippen MR) is 76.0 cm³/mol. The van der Waals surface area contributed by atoms with Gasteiger partial charge >= 0.3 is 5.55 Å². The summed E-state index contributed by atoms with van der Waals surface area (Å²) in [7, 11) is 0. The van der Waals surface area contributed by atoms with Crippen molar-refractivity contribution in [2.24, 2.45) is 0 Å². The molecule has 3 aromatic rings. The van der Waals surface area contributed by atoms with Gasteiger partial charge in [0.05, 0.1) is 6.08 Å². The summed E-state index contributed by atoms with van der Waals surface area (Å²) >= 11 is 0. The zero-order valence-corrected chi connectivity index (χ0v) is 10.3. The Labute approximate surface area is 109 Å². The van der Waals surface area contributed by atoms with Gasteiger partial charge in [0.1, 0.15) is 0 Å². The van der Waals surface area contributed by atoms with Gasteiger partial charge in [-0.25, -0.2) is 0 Å². The highest BCUT2D eigenvalue weighted by Crippen LogP contribution is 2.21. The number of fused-ring (bicyclic) bond motifs is 5. The highest BCUT2D eigenvalue weighted by atomic mass is 16.3. The molecule has 0 atom stereocenters. The van der Waals surface area contributed by atoms with E-state index in [9.17, 15) is 0 Å². The zero-order chi connectivity index (χ0) is 12.7. The lowest BCUT2D eigenvalue weighted by molar-refractivity contribution is -0.501. The van der Waals surface area contributed by atoms with E-state index in [1.807, 2.05) is 48.7 Å². The van der Waals surface area contributed by atoms with Crippen molar-refractivity contribution in [3.8, 4) is 0 Å². The van der Waals surface area contributed by atoms with E-state index < -0.39 is 0 Å². The average Bonchev–Trinajstić information content (AvgIpc) is 2.76.